The van der Waals surface area contributed by atoms with Gasteiger partial charge in [0.1, 0.15) is 18.0 Å². The summed E-state index contributed by atoms with van der Waals surface area (Å²) in [4.78, 5) is 34.5. The minimum Gasteiger partial charge on any atom is -0.383 e. The Hall–Kier alpha value is -3.43. The number of H-pyrrole nitrogens is 1. The van der Waals surface area contributed by atoms with Crippen molar-refractivity contribution >= 4 is 17.4 Å². The van der Waals surface area contributed by atoms with Crippen molar-refractivity contribution < 1.29 is 35.9 Å². The Morgan fingerprint density at radius 2 is 1.84 bits per heavy atom. The van der Waals surface area contributed by atoms with Crippen LogP contribution in [0.4, 0.5) is 37.8 Å². The Kier molecular flexibility index (Phi) is 8.94. The Balaban J connectivity index is 1.37. The molecule has 0 saturated carbocycles. The summed E-state index contributed by atoms with van der Waals surface area (Å²) < 4.78 is 82.3. The topological polar surface area (TPSA) is 116 Å². The van der Waals surface area contributed by atoms with E-state index in [1.165, 1.54) is 0 Å². The van der Waals surface area contributed by atoms with Gasteiger partial charge in [0.2, 0.25) is 5.91 Å². The number of nitrogens with one attached hydrogen (secondary N) is 2. The molecule has 16 heteroatoms. The number of carbonyl (C=O) groups excluding carboxylic acids is 1. The first-order valence-electron chi connectivity index (χ1n) is 11.2. The van der Waals surface area contributed by atoms with Crippen LogP contribution in [0.2, 0.25) is 0 Å². The first kappa shape index (κ1) is 28.1. The van der Waals surface area contributed by atoms with Crippen LogP contribution in [-0.2, 0) is 21.9 Å². The largest absolute Gasteiger partial charge is 0.434 e. The van der Waals surface area contributed by atoms with Gasteiger partial charge >= 0.3 is 12.4 Å². The molecule has 37 heavy (non-hydrogen) atoms. The summed E-state index contributed by atoms with van der Waals surface area (Å²) in [5.74, 6) is 0.0505. The molecule has 1 saturated heterocycles. The van der Waals surface area contributed by atoms with Crippen LogP contribution >= 0.6 is 0 Å². The normalized spacial score (nSPS) is 15.1. The highest BCUT2D eigenvalue weighted by molar-refractivity contribution is 5.77. The summed E-state index contributed by atoms with van der Waals surface area (Å²) >= 11 is 0. The van der Waals surface area contributed by atoms with Crippen molar-refractivity contribution in [2.75, 3.05) is 50.1 Å². The number of aromatic amines is 1. The molecule has 0 radical (unpaired) electrons. The predicted molar refractivity (Wildman–Crippen MR) is 119 cm³/mol. The molecule has 204 valence electrons. The van der Waals surface area contributed by atoms with E-state index < -0.39 is 34.9 Å². The lowest BCUT2D eigenvalue weighted by atomic mass is 10.0. The van der Waals surface area contributed by atoms with E-state index in [-0.39, 0.29) is 38.1 Å². The molecule has 1 fully saturated rings. The molecule has 1 aliphatic rings. The maximum absolute atomic E-state index is 13.0. The molecule has 0 spiro atoms. The fourth-order valence-corrected chi connectivity index (χ4v) is 3.79. The van der Waals surface area contributed by atoms with Crippen molar-refractivity contribution in [2.24, 2.45) is 0 Å². The number of hydrogen-bond donors (Lipinski definition) is 2. The van der Waals surface area contributed by atoms with Crippen LogP contribution in [0.3, 0.4) is 0 Å². The standard InChI is InChI=1S/C21H25F6N7O3/c1-33(13-3-6-34(7-4-13)16-11-29-15(10-30-16)20(22,23)24)17(35)12-37-8-2-5-28-14-9-31-32-19(36)18(14)21(25,26)27/h9-11,13H,2-8,12H2,1H3,(H2,28,32,36). The number of piperidine rings is 1. The number of carbonyl (C=O) groups is 1. The minimum atomic E-state index is -4.84. The molecule has 3 rings (SSSR count). The number of hydrogen-bond acceptors (Lipinski definition) is 8. The summed E-state index contributed by atoms with van der Waals surface area (Å²) in [6.07, 6.45) is -5.34. The zero-order valence-corrected chi connectivity index (χ0v) is 19.7. The minimum absolute atomic E-state index is 0.0591. The van der Waals surface area contributed by atoms with E-state index in [1.807, 2.05) is 0 Å². The highest BCUT2D eigenvalue weighted by Gasteiger charge is 2.37. The maximum Gasteiger partial charge on any atom is 0.434 e. The van der Waals surface area contributed by atoms with Crippen LogP contribution in [0.1, 0.15) is 30.5 Å². The van der Waals surface area contributed by atoms with Gasteiger partial charge in [-0.3, -0.25) is 9.59 Å². The Bertz CT molecular complexity index is 1100. The van der Waals surface area contributed by atoms with Gasteiger partial charge in [0.15, 0.2) is 5.69 Å². The third kappa shape index (κ3) is 7.53. The van der Waals surface area contributed by atoms with Crippen molar-refractivity contribution in [1.29, 1.82) is 0 Å². The van der Waals surface area contributed by atoms with E-state index in [9.17, 15) is 35.9 Å². The summed E-state index contributed by atoms with van der Waals surface area (Å²) in [5, 5.41) is 7.61. The Morgan fingerprint density at radius 3 is 2.43 bits per heavy atom. The number of anilines is 2. The summed E-state index contributed by atoms with van der Waals surface area (Å²) in [6, 6.07) is -0.0964. The van der Waals surface area contributed by atoms with Crippen molar-refractivity contribution in [1.82, 2.24) is 25.1 Å². The maximum atomic E-state index is 13.0. The smallest absolute Gasteiger partial charge is 0.383 e. The van der Waals surface area contributed by atoms with Gasteiger partial charge < -0.3 is 19.9 Å². The van der Waals surface area contributed by atoms with Gasteiger partial charge in [-0.05, 0) is 19.3 Å². The third-order valence-electron chi connectivity index (χ3n) is 5.80. The lowest BCUT2D eigenvalue weighted by Gasteiger charge is -2.37. The number of amides is 1. The van der Waals surface area contributed by atoms with E-state index in [0.717, 1.165) is 12.4 Å². The molecule has 2 aromatic heterocycles. The van der Waals surface area contributed by atoms with Crippen LogP contribution in [0.15, 0.2) is 23.4 Å². The van der Waals surface area contributed by atoms with Crippen LogP contribution in [0.5, 0.6) is 0 Å². The highest BCUT2D eigenvalue weighted by atomic mass is 19.4. The second-order valence-corrected chi connectivity index (χ2v) is 8.30. The molecule has 0 atom stereocenters. The molecule has 2 aromatic rings. The fourth-order valence-electron chi connectivity index (χ4n) is 3.79. The second-order valence-electron chi connectivity index (χ2n) is 8.30. The average Bonchev–Trinajstić information content (AvgIpc) is 2.84. The Labute approximate surface area is 207 Å². The van der Waals surface area contributed by atoms with Crippen molar-refractivity contribution in [3.05, 3.63) is 40.2 Å². The number of aromatic nitrogens is 4. The van der Waals surface area contributed by atoms with E-state index in [4.69, 9.17) is 4.74 Å². The number of alkyl halides is 6. The zero-order valence-electron chi connectivity index (χ0n) is 19.7. The van der Waals surface area contributed by atoms with Crippen LogP contribution in [0, 0.1) is 0 Å². The van der Waals surface area contributed by atoms with Crippen molar-refractivity contribution in [3.8, 4) is 0 Å². The lowest BCUT2D eigenvalue weighted by molar-refractivity contribution is -0.141. The van der Waals surface area contributed by atoms with E-state index in [0.29, 0.717) is 37.9 Å². The summed E-state index contributed by atoms with van der Waals surface area (Å²) in [7, 11) is 1.63. The second kappa shape index (κ2) is 11.7. The van der Waals surface area contributed by atoms with Gasteiger partial charge in [0.05, 0.1) is 24.3 Å². The monoisotopic (exact) mass is 537 g/mol. The summed E-state index contributed by atoms with van der Waals surface area (Å²) in [6.45, 7) is 0.887. The third-order valence-corrected chi connectivity index (χ3v) is 5.80. The van der Waals surface area contributed by atoms with Gasteiger partial charge in [0.25, 0.3) is 5.56 Å². The predicted octanol–water partition coefficient (Wildman–Crippen LogP) is 2.54. The first-order valence-corrected chi connectivity index (χ1v) is 11.2. The number of halogens is 6. The number of likely N-dealkylation sites (N-methyl/N-ethyl adjacent to an activating group) is 1. The molecule has 2 N–H and O–H groups in total. The fraction of sp³-hybridized carbons (Fsp3) is 0.571. The lowest BCUT2D eigenvalue weighted by Crippen LogP contribution is -2.47. The highest BCUT2D eigenvalue weighted by Crippen LogP contribution is 2.31. The molecular formula is C21H25F6N7O3. The number of nitrogens with zero attached hydrogens (tertiary/aromatic N) is 5. The van der Waals surface area contributed by atoms with Gasteiger partial charge in [-0.2, -0.15) is 31.4 Å². The molecule has 1 aliphatic heterocycles. The van der Waals surface area contributed by atoms with E-state index in [2.05, 4.69) is 20.4 Å². The van der Waals surface area contributed by atoms with Crippen molar-refractivity contribution in [3.63, 3.8) is 0 Å². The SMILES string of the molecule is CN(C(=O)COCCCNc1cn[nH]c(=O)c1C(F)(F)F)C1CCN(c2cnc(C(F)(F)F)cn2)CC1. The Morgan fingerprint density at radius 1 is 1.14 bits per heavy atom. The molecule has 0 aromatic carbocycles. The van der Waals surface area contributed by atoms with E-state index >= 15 is 0 Å². The molecule has 1 amide bonds. The quantitative estimate of drug-likeness (QED) is 0.371. The van der Waals surface area contributed by atoms with Crippen molar-refractivity contribution in [2.45, 2.75) is 37.7 Å². The van der Waals surface area contributed by atoms with E-state index in [1.54, 1.807) is 21.9 Å². The van der Waals surface area contributed by atoms with Crippen LogP contribution in [0.25, 0.3) is 0 Å². The van der Waals surface area contributed by atoms with Gasteiger partial charge in [-0.15, -0.1) is 0 Å². The van der Waals surface area contributed by atoms with Gasteiger partial charge in [-0.1, -0.05) is 0 Å². The number of rotatable bonds is 9. The van der Waals surface area contributed by atoms with Gasteiger partial charge in [0, 0.05) is 39.3 Å². The summed E-state index contributed by atoms with van der Waals surface area (Å²) in [5.41, 5.74) is -4.22. The zero-order chi connectivity index (χ0) is 27.2. The first-order chi connectivity index (χ1) is 17.4. The molecule has 3 heterocycles. The average molecular weight is 537 g/mol. The van der Waals surface area contributed by atoms with Crippen LogP contribution < -0.4 is 15.8 Å². The molecule has 10 nitrogen and oxygen atoms in total. The molecule has 0 aliphatic carbocycles. The molecule has 0 unspecified atom stereocenters. The number of ether oxygens (including phenoxy) is 1. The van der Waals surface area contributed by atoms with Crippen LogP contribution in [-0.4, -0.2) is 76.9 Å². The van der Waals surface area contributed by atoms with Gasteiger partial charge in [-0.25, -0.2) is 15.1 Å². The molecule has 0 bridgehead atoms. The molecular weight excluding hydrogens is 512 g/mol.